The number of anilines is 2. The van der Waals surface area contributed by atoms with E-state index < -0.39 is 0 Å². The SMILES string of the molecule is N#Cc1cc(Nc2cc(Cl)ccc2Br)ccn1. The third kappa shape index (κ3) is 2.96. The Morgan fingerprint density at radius 3 is 2.88 bits per heavy atom. The van der Waals surface area contributed by atoms with Gasteiger partial charge in [0, 0.05) is 21.4 Å². The largest absolute Gasteiger partial charge is 0.354 e. The van der Waals surface area contributed by atoms with Crippen molar-refractivity contribution in [3.05, 3.63) is 51.7 Å². The van der Waals surface area contributed by atoms with Gasteiger partial charge in [-0.3, -0.25) is 0 Å². The van der Waals surface area contributed by atoms with Crippen LogP contribution in [0.25, 0.3) is 0 Å². The first-order valence-corrected chi connectivity index (χ1v) is 5.94. The van der Waals surface area contributed by atoms with Gasteiger partial charge in [0.05, 0.1) is 5.69 Å². The topological polar surface area (TPSA) is 48.7 Å². The Balaban J connectivity index is 2.31. The second-order valence-corrected chi connectivity index (χ2v) is 4.58. The van der Waals surface area contributed by atoms with Gasteiger partial charge in [-0.1, -0.05) is 11.6 Å². The molecule has 0 unspecified atom stereocenters. The van der Waals surface area contributed by atoms with Crippen LogP contribution in [-0.2, 0) is 0 Å². The van der Waals surface area contributed by atoms with Crippen LogP contribution in [0.5, 0.6) is 0 Å². The second kappa shape index (κ2) is 5.17. The maximum atomic E-state index is 8.76. The van der Waals surface area contributed by atoms with E-state index in [-0.39, 0.29) is 0 Å². The van der Waals surface area contributed by atoms with E-state index in [1.165, 1.54) is 0 Å². The molecule has 0 aliphatic carbocycles. The zero-order valence-electron chi connectivity index (χ0n) is 8.61. The smallest absolute Gasteiger partial charge is 0.142 e. The number of hydrogen-bond donors (Lipinski definition) is 1. The van der Waals surface area contributed by atoms with Crippen LogP contribution in [0.2, 0.25) is 5.02 Å². The van der Waals surface area contributed by atoms with Gasteiger partial charge in [0.2, 0.25) is 0 Å². The summed E-state index contributed by atoms with van der Waals surface area (Å²) >= 11 is 9.34. The van der Waals surface area contributed by atoms with Crippen molar-refractivity contribution in [2.75, 3.05) is 5.32 Å². The molecule has 2 aromatic rings. The first-order valence-electron chi connectivity index (χ1n) is 4.77. The summed E-state index contributed by atoms with van der Waals surface area (Å²) in [5.41, 5.74) is 2.00. The van der Waals surface area contributed by atoms with Crippen LogP contribution in [0.4, 0.5) is 11.4 Å². The zero-order valence-corrected chi connectivity index (χ0v) is 11.0. The fraction of sp³-hybridized carbons (Fsp3) is 0. The first-order chi connectivity index (χ1) is 8.19. The predicted molar refractivity (Wildman–Crippen MR) is 71.4 cm³/mol. The molecule has 1 aromatic carbocycles. The molecule has 0 saturated heterocycles. The lowest BCUT2D eigenvalue weighted by Gasteiger charge is -2.08. The van der Waals surface area contributed by atoms with E-state index in [2.05, 4.69) is 26.2 Å². The molecule has 17 heavy (non-hydrogen) atoms. The standard InChI is InChI=1S/C12H7BrClN3/c13-11-2-1-8(14)5-12(11)17-9-3-4-16-10(6-9)7-15/h1-6H,(H,16,17). The van der Waals surface area contributed by atoms with Crippen LogP contribution in [0.1, 0.15) is 5.69 Å². The number of nitrogens with one attached hydrogen (secondary N) is 1. The molecule has 0 atom stereocenters. The summed E-state index contributed by atoms with van der Waals surface area (Å²) < 4.78 is 0.900. The van der Waals surface area contributed by atoms with Crippen LogP contribution in [0, 0.1) is 11.3 Å². The minimum atomic E-state index is 0.369. The van der Waals surface area contributed by atoms with Crippen molar-refractivity contribution >= 4 is 38.9 Å². The molecular weight excluding hydrogens is 302 g/mol. The van der Waals surface area contributed by atoms with Gasteiger partial charge in [0.25, 0.3) is 0 Å². The van der Waals surface area contributed by atoms with Gasteiger partial charge in [-0.25, -0.2) is 4.98 Å². The number of halogens is 2. The summed E-state index contributed by atoms with van der Waals surface area (Å²) in [5.74, 6) is 0. The Kier molecular flexibility index (Phi) is 3.62. The summed E-state index contributed by atoms with van der Waals surface area (Å²) in [6.45, 7) is 0. The Bertz CT molecular complexity index is 593. The minimum absolute atomic E-state index is 0.369. The molecule has 0 amide bonds. The maximum absolute atomic E-state index is 8.76. The molecule has 5 heteroatoms. The number of rotatable bonds is 2. The zero-order chi connectivity index (χ0) is 12.3. The normalized spacial score (nSPS) is 9.71. The molecule has 0 fully saturated rings. The van der Waals surface area contributed by atoms with Crippen LogP contribution < -0.4 is 5.32 Å². The van der Waals surface area contributed by atoms with E-state index in [4.69, 9.17) is 16.9 Å². The average molecular weight is 309 g/mol. The monoisotopic (exact) mass is 307 g/mol. The van der Waals surface area contributed by atoms with E-state index in [9.17, 15) is 0 Å². The molecule has 0 saturated carbocycles. The Hall–Kier alpha value is -1.57. The lowest BCUT2D eigenvalue weighted by Crippen LogP contribution is -1.93. The number of benzene rings is 1. The second-order valence-electron chi connectivity index (χ2n) is 3.29. The number of nitriles is 1. The van der Waals surface area contributed by atoms with E-state index in [1.54, 1.807) is 30.5 Å². The molecule has 0 radical (unpaired) electrons. The van der Waals surface area contributed by atoms with Gasteiger partial charge >= 0.3 is 0 Å². The van der Waals surface area contributed by atoms with Gasteiger partial charge in [-0.2, -0.15) is 5.26 Å². The Labute approximate surface area is 112 Å². The van der Waals surface area contributed by atoms with Gasteiger partial charge in [-0.05, 0) is 46.3 Å². The fourth-order valence-corrected chi connectivity index (χ4v) is 1.84. The third-order valence-corrected chi connectivity index (χ3v) is 3.01. The van der Waals surface area contributed by atoms with Crippen molar-refractivity contribution in [3.63, 3.8) is 0 Å². The van der Waals surface area contributed by atoms with Crippen molar-refractivity contribution in [2.24, 2.45) is 0 Å². The predicted octanol–water partition coefficient (Wildman–Crippen LogP) is 4.11. The van der Waals surface area contributed by atoms with Crippen molar-refractivity contribution in [3.8, 4) is 6.07 Å². The highest BCUT2D eigenvalue weighted by Gasteiger charge is 2.02. The molecule has 1 heterocycles. The lowest BCUT2D eigenvalue weighted by atomic mass is 10.3. The summed E-state index contributed by atoms with van der Waals surface area (Å²) in [7, 11) is 0. The number of hydrogen-bond acceptors (Lipinski definition) is 3. The summed E-state index contributed by atoms with van der Waals surface area (Å²) in [5, 5.41) is 12.6. The van der Waals surface area contributed by atoms with Crippen molar-refractivity contribution < 1.29 is 0 Å². The number of aromatic nitrogens is 1. The lowest BCUT2D eigenvalue weighted by molar-refractivity contribution is 1.26. The molecule has 3 nitrogen and oxygen atoms in total. The molecule has 0 aliphatic heterocycles. The molecule has 0 aliphatic rings. The summed E-state index contributed by atoms with van der Waals surface area (Å²) in [6.07, 6.45) is 1.58. The highest BCUT2D eigenvalue weighted by atomic mass is 79.9. The van der Waals surface area contributed by atoms with E-state index >= 15 is 0 Å². The van der Waals surface area contributed by atoms with E-state index in [0.29, 0.717) is 10.7 Å². The molecule has 84 valence electrons. The van der Waals surface area contributed by atoms with Gasteiger partial charge in [0.15, 0.2) is 0 Å². The Morgan fingerprint density at radius 2 is 2.12 bits per heavy atom. The Morgan fingerprint density at radius 1 is 1.29 bits per heavy atom. The highest BCUT2D eigenvalue weighted by molar-refractivity contribution is 9.10. The van der Waals surface area contributed by atoms with Crippen LogP contribution in [-0.4, -0.2) is 4.98 Å². The molecule has 0 spiro atoms. The van der Waals surface area contributed by atoms with Crippen LogP contribution in [0.3, 0.4) is 0 Å². The third-order valence-electron chi connectivity index (χ3n) is 2.08. The van der Waals surface area contributed by atoms with Gasteiger partial charge in [-0.15, -0.1) is 0 Å². The molecule has 1 N–H and O–H groups in total. The molecule has 2 rings (SSSR count). The molecular formula is C12H7BrClN3. The number of pyridine rings is 1. The van der Waals surface area contributed by atoms with Gasteiger partial charge in [0.1, 0.15) is 11.8 Å². The summed E-state index contributed by atoms with van der Waals surface area (Å²) in [4.78, 5) is 3.90. The van der Waals surface area contributed by atoms with Gasteiger partial charge < -0.3 is 5.32 Å². The highest BCUT2D eigenvalue weighted by Crippen LogP contribution is 2.28. The first kappa shape index (κ1) is 11.9. The van der Waals surface area contributed by atoms with Crippen LogP contribution >= 0.6 is 27.5 Å². The average Bonchev–Trinajstić information content (AvgIpc) is 2.34. The quantitative estimate of drug-likeness (QED) is 0.908. The van der Waals surface area contributed by atoms with Crippen molar-refractivity contribution in [2.45, 2.75) is 0 Å². The number of nitrogens with zero attached hydrogens (tertiary/aromatic N) is 2. The van der Waals surface area contributed by atoms with E-state index in [1.807, 2.05) is 12.1 Å². The minimum Gasteiger partial charge on any atom is -0.354 e. The molecule has 1 aromatic heterocycles. The fourth-order valence-electron chi connectivity index (χ4n) is 1.32. The summed E-state index contributed by atoms with van der Waals surface area (Å²) in [6, 6.07) is 10.9. The maximum Gasteiger partial charge on any atom is 0.142 e. The van der Waals surface area contributed by atoms with E-state index in [0.717, 1.165) is 15.8 Å². The molecule has 0 bridgehead atoms. The van der Waals surface area contributed by atoms with Crippen molar-refractivity contribution in [1.29, 1.82) is 5.26 Å². The van der Waals surface area contributed by atoms with Crippen LogP contribution in [0.15, 0.2) is 41.0 Å². The van der Waals surface area contributed by atoms with Crippen molar-refractivity contribution in [1.82, 2.24) is 4.98 Å².